The van der Waals surface area contributed by atoms with Gasteiger partial charge in [-0.05, 0) is 43.2 Å². The van der Waals surface area contributed by atoms with E-state index in [2.05, 4.69) is 6.92 Å². The van der Waals surface area contributed by atoms with Crippen molar-refractivity contribution in [1.29, 1.82) is 0 Å². The summed E-state index contributed by atoms with van der Waals surface area (Å²) in [7, 11) is 0. The summed E-state index contributed by atoms with van der Waals surface area (Å²) in [6.45, 7) is 2.21. The van der Waals surface area contributed by atoms with E-state index in [4.69, 9.17) is 17.3 Å². The van der Waals surface area contributed by atoms with Gasteiger partial charge in [0, 0.05) is 5.54 Å². The zero-order valence-corrected chi connectivity index (χ0v) is 10.2. The van der Waals surface area contributed by atoms with Crippen LogP contribution in [-0.4, -0.2) is 5.54 Å². The first-order chi connectivity index (χ1) is 7.50. The normalized spacial score (nSPS) is 29.6. The molecular formula is C13H17ClFN. The Morgan fingerprint density at radius 3 is 2.94 bits per heavy atom. The van der Waals surface area contributed by atoms with Crippen LogP contribution in [0.2, 0.25) is 5.02 Å². The average molecular weight is 242 g/mol. The van der Waals surface area contributed by atoms with Crippen molar-refractivity contribution in [2.75, 3.05) is 0 Å². The quantitative estimate of drug-likeness (QED) is 0.842. The van der Waals surface area contributed by atoms with Crippen molar-refractivity contribution in [3.63, 3.8) is 0 Å². The lowest BCUT2D eigenvalue weighted by Gasteiger charge is -2.24. The van der Waals surface area contributed by atoms with Gasteiger partial charge in [0.2, 0.25) is 0 Å². The second kappa shape index (κ2) is 4.34. The van der Waals surface area contributed by atoms with Gasteiger partial charge in [0.05, 0.1) is 5.02 Å². The molecule has 2 N–H and O–H groups in total. The molecule has 1 nitrogen and oxygen atoms in total. The minimum absolute atomic E-state index is 0.198. The molecule has 0 saturated heterocycles. The zero-order valence-electron chi connectivity index (χ0n) is 9.47. The van der Waals surface area contributed by atoms with Crippen molar-refractivity contribution in [2.24, 2.45) is 11.7 Å². The van der Waals surface area contributed by atoms with Crippen LogP contribution in [0.4, 0.5) is 4.39 Å². The Bertz CT molecular complexity index is 394. The molecule has 0 aromatic heterocycles. The van der Waals surface area contributed by atoms with Gasteiger partial charge < -0.3 is 5.73 Å². The molecule has 1 aromatic carbocycles. The standard InChI is InChI=1S/C13H17ClFN/c1-9-5-6-13(16,7-9)8-10-3-2-4-11(15)12(10)14/h2-4,9H,5-8,16H2,1H3. The van der Waals surface area contributed by atoms with E-state index in [-0.39, 0.29) is 16.4 Å². The molecule has 2 unspecified atom stereocenters. The first-order valence-electron chi connectivity index (χ1n) is 5.72. The maximum Gasteiger partial charge on any atom is 0.142 e. The Hall–Kier alpha value is -0.600. The summed E-state index contributed by atoms with van der Waals surface area (Å²) in [6.07, 6.45) is 3.83. The van der Waals surface area contributed by atoms with Crippen molar-refractivity contribution in [3.05, 3.63) is 34.6 Å². The highest BCUT2D eigenvalue weighted by Gasteiger charge is 2.34. The van der Waals surface area contributed by atoms with E-state index in [0.29, 0.717) is 12.3 Å². The molecule has 3 heteroatoms. The number of hydrogen-bond acceptors (Lipinski definition) is 1. The van der Waals surface area contributed by atoms with Gasteiger partial charge in [-0.15, -0.1) is 0 Å². The maximum atomic E-state index is 13.3. The molecule has 0 bridgehead atoms. The van der Waals surface area contributed by atoms with Gasteiger partial charge in [0.15, 0.2) is 0 Å². The van der Waals surface area contributed by atoms with Crippen LogP contribution >= 0.6 is 11.6 Å². The van der Waals surface area contributed by atoms with Crippen LogP contribution in [0.1, 0.15) is 31.7 Å². The SMILES string of the molecule is CC1CCC(N)(Cc2cccc(F)c2Cl)C1. The molecule has 2 rings (SSSR count). The van der Waals surface area contributed by atoms with Gasteiger partial charge >= 0.3 is 0 Å². The molecule has 2 atom stereocenters. The fourth-order valence-electron chi connectivity index (χ4n) is 2.66. The molecule has 1 aliphatic carbocycles. The molecule has 0 amide bonds. The first-order valence-corrected chi connectivity index (χ1v) is 6.10. The van der Waals surface area contributed by atoms with E-state index in [1.807, 2.05) is 6.07 Å². The van der Waals surface area contributed by atoms with E-state index >= 15 is 0 Å². The third-order valence-corrected chi connectivity index (χ3v) is 3.89. The minimum atomic E-state index is -0.353. The van der Waals surface area contributed by atoms with Gasteiger partial charge in [0.25, 0.3) is 0 Å². The lowest BCUT2D eigenvalue weighted by Crippen LogP contribution is -2.39. The van der Waals surface area contributed by atoms with Gasteiger partial charge in [-0.3, -0.25) is 0 Å². The predicted molar refractivity (Wildman–Crippen MR) is 65.0 cm³/mol. The lowest BCUT2D eigenvalue weighted by atomic mass is 9.89. The highest BCUT2D eigenvalue weighted by atomic mass is 35.5. The fraction of sp³-hybridized carbons (Fsp3) is 0.538. The fourth-order valence-corrected chi connectivity index (χ4v) is 2.85. The smallest absolute Gasteiger partial charge is 0.142 e. The second-order valence-electron chi connectivity index (χ2n) is 5.10. The highest BCUT2D eigenvalue weighted by molar-refractivity contribution is 6.31. The molecule has 16 heavy (non-hydrogen) atoms. The van der Waals surface area contributed by atoms with E-state index < -0.39 is 0 Å². The largest absolute Gasteiger partial charge is 0.325 e. The van der Waals surface area contributed by atoms with Crippen LogP contribution in [0.15, 0.2) is 18.2 Å². The third kappa shape index (κ3) is 2.38. The monoisotopic (exact) mass is 241 g/mol. The van der Waals surface area contributed by atoms with Gasteiger partial charge in [-0.1, -0.05) is 30.7 Å². The molecule has 0 heterocycles. The molecule has 0 spiro atoms. The van der Waals surface area contributed by atoms with Crippen LogP contribution in [0, 0.1) is 11.7 Å². The Balaban J connectivity index is 2.18. The molecule has 1 saturated carbocycles. The Labute approximate surface area is 101 Å². The summed E-state index contributed by atoms with van der Waals surface area (Å²) in [5, 5.41) is 0.229. The van der Waals surface area contributed by atoms with Gasteiger partial charge in [-0.2, -0.15) is 0 Å². The highest BCUT2D eigenvalue weighted by Crippen LogP contribution is 2.36. The van der Waals surface area contributed by atoms with E-state index in [1.54, 1.807) is 6.07 Å². The van der Waals surface area contributed by atoms with E-state index in [9.17, 15) is 4.39 Å². The van der Waals surface area contributed by atoms with Gasteiger partial charge in [-0.25, -0.2) is 4.39 Å². The summed E-state index contributed by atoms with van der Waals surface area (Å²) in [4.78, 5) is 0. The summed E-state index contributed by atoms with van der Waals surface area (Å²) in [5.41, 5.74) is 6.95. The Morgan fingerprint density at radius 1 is 1.56 bits per heavy atom. The number of benzene rings is 1. The Morgan fingerprint density at radius 2 is 2.31 bits per heavy atom. The summed E-state index contributed by atoms with van der Waals surface area (Å²) < 4.78 is 13.3. The molecule has 1 aliphatic rings. The lowest BCUT2D eigenvalue weighted by molar-refractivity contribution is 0.418. The van der Waals surface area contributed by atoms with Crippen molar-refractivity contribution >= 4 is 11.6 Å². The summed E-state index contributed by atoms with van der Waals surface area (Å²) >= 11 is 5.94. The third-order valence-electron chi connectivity index (χ3n) is 3.46. The first kappa shape index (κ1) is 11.9. The van der Waals surface area contributed by atoms with Crippen molar-refractivity contribution in [3.8, 4) is 0 Å². The summed E-state index contributed by atoms with van der Waals surface area (Å²) in [6, 6.07) is 4.94. The average Bonchev–Trinajstić information content (AvgIpc) is 2.54. The van der Waals surface area contributed by atoms with Crippen LogP contribution in [0.25, 0.3) is 0 Å². The minimum Gasteiger partial charge on any atom is -0.325 e. The van der Waals surface area contributed by atoms with Crippen LogP contribution in [-0.2, 0) is 6.42 Å². The molecular weight excluding hydrogens is 225 g/mol. The van der Waals surface area contributed by atoms with E-state index in [1.165, 1.54) is 6.07 Å². The Kier molecular flexibility index (Phi) is 3.22. The van der Waals surface area contributed by atoms with Crippen molar-refractivity contribution in [2.45, 2.75) is 38.1 Å². The molecule has 88 valence electrons. The number of rotatable bonds is 2. The number of nitrogens with two attached hydrogens (primary N) is 1. The van der Waals surface area contributed by atoms with Crippen molar-refractivity contribution < 1.29 is 4.39 Å². The second-order valence-corrected chi connectivity index (χ2v) is 5.48. The zero-order chi connectivity index (χ0) is 11.8. The van der Waals surface area contributed by atoms with E-state index in [0.717, 1.165) is 24.8 Å². The topological polar surface area (TPSA) is 26.0 Å². The molecule has 0 radical (unpaired) electrons. The molecule has 1 aromatic rings. The van der Waals surface area contributed by atoms with Gasteiger partial charge in [0.1, 0.15) is 5.82 Å². The van der Waals surface area contributed by atoms with Crippen LogP contribution in [0.3, 0.4) is 0 Å². The van der Waals surface area contributed by atoms with Crippen molar-refractivity contribution in [1.82, 2.24) is 0 Å². The van der Waals surface area contributed by atoms with Crippen LogP contribution < -0.4 is 5.73 Å². The number of halogens is 2. The molecule has 1 fully saturated rings. The van der Waals surface area contributed by atoms with Crippen LogP contribution in [0.5, 0.6) is 0 Å². The summed E-state index contributed by atoms with van der Waals surface area (Å²) in [5.74, 6) is 0.311. The number of hydrogen-bond donors (Lipinski definition) is 1. The molecule has 0 aliphatic heterocycles. The predicted octanol–water partition coefficient (Wildman–Crippen LogP) is 3.54. The maximum absolute atomic E-state index is 13.3.